The highest BCUT2D eigenvalue weighted by Gasteiger charge is 2.21. The maximum Gasteiger partial charge on any atom is 0.306 e. The third-order valence-electron chi connectivity index (χ3n) is 11.0. The number of hydrogen-bond donors (Lipinski definition) is 0. The van der Waals surface area contributed by atoms with Gasteiger partial charge in [-0.1, -0.05) is 193 Å². The molecule has 0 aliphatic heterocycles. The second-order valence-electron chi connectivity index (χ2n) is 18.9. The predicted octanol–water partition coefficient (Wildman–Crippen LogP) is 16.2. The lowest BCUT2D eigenvalue weighted by molar-refractivity contribution is -0.870. The van der Waals surface area contributed by atoms with Gasteiger partial charge in [0.2, 0.25) is 0 Å². The summed E-state index contributed by atoms with van der Waals surface area (Å²) in [6.07, 6.45) is 70.8. The van der Waals surface area contributed by atoms with E-state index in [1.54, 1.807) is 0 Å². The van der Waals surface area contributed by atoms with Crippen molar-refractivity contribution in [1.29, 1.82) is 0 Å². The van der Waals surface area contributed by atoms with Gasteiger partial charge in [0.15, 0.2) is 6.10 Å². The van der Waals surface area contributed by atoms with Gasteiger partial charge in [0.05, 0.1) is 27.7 Å². The molecule has 2 atom stereocenters. The quantitative estimate of drug-likeness (QED) is 0.0195. The zero-order valence-electron chi connectivity index (χ0n) is 44.9. The third kappa shape index (κ3) is 53.8. The van der Waals surface area contributed by atoms with Crippen LogP contribution in [0.15, 0.2) is 122 Å². The minimum atomic E-state index is -4.65. The van der Waals surface area contributed by atoms with E-state index < -0.39 is 32.5 Å². The number of rotatable bonds is 48. The van der Waals surface area contributed by atoms with Gasteiger partial charge >= 0.3 is 11.9 Å². The van der Waals surface area contributed by atoms with Crippen LogP contribution in [0.5, 0.6) is 0 Å². The number of likely N-dealkylation sites (N-methyl/N-ethyl adjacent to an activating group) is 1. The van der Waals surface area contributed by atoms with Gasteiger partial charge in [0.25, 0.3) is 7.82 Å². The molecule has 9 nitrogen and oxygen atoms in total. The standard InChI is InChI=1S/C60H100NO8P/c1-6-8-10-12-14-16-18-20-22-24-26-27-28-29-30-31-32-33-35-37-39-41-43-45-47-49-51-53-60(63)69-58(57-68-70(64,65)67-55-54-61(3,4)5)56-66-59(62)52-50-48-46-44-42-40-38-36-34-25-23-21-19-17-15-13-11-9-7-2/h8,10,14-17,20-23,26-27,29-30,32-34,36-37,39,58H,6-7,9,11-13,18-19,24-25,28,31,35,38,40-57H2,1-5H3/b10-8-,16-14-,17-15-,22-20-,23-21-,27-26-,30-29-,33-32-,36-34-,39-37-. The van der Waals surface area contributed by atoms with Crippen LogP contribution in [0, 0.1) is 0 Å². The van der Waals surface area contributed by atoms with Crippen LogP contribution < -0.4 is 4.89 Å². The number of unbranched alkanes of at least 4 members (excludes halogenated alkanes) is 14. The SMILES string of the molecule is CC/C=C\C/C=C\C/C=C\C/C=C\C/C=C\C/C=C\C/C=C\CCCCCCCC(=O)OC(COC(=O)CCCCCCCC/C=C\C/C=C\C/C=C\CCCCC)COP(=O)([O-])OCC[N+](C)(C)C. The summed E-state index contributed by atoms with van der Waals surface area (Å²) in [7, 11) is 1.12. The Bertz CT molecular complexity index is 1590. The number of carbonyl (C=O) groups excluding carboxylic acids is 2. The lowest BCUT2D eigenvalue weighted by Crippen LogP contribution is -2.37. The lowest BCUT2D eigenvalue weighted by atomic mass is 10.1. The number of hydrogen-bond acceptors (Lipinski definition) is 8. The van der Waals surface area contributed by atoms with Crippen molar-refractivity contribution >= 4 is 19.8 Å². The highest BCUT2D eigenvalue weighted by atomic mass is 31.2. The molecule has 0 saturated heterocycles. The highest BCUT2D eigenvalue weighted by molar-refractivity contribution is 7.45. The fourth-order valence-corrected chi connectivity index (χ4v) is 7.49. The van der Waals surface area contributed by atoms with E-state index in [9.17, 15) is 19.0 Å². The summed E-state index contributed by atoms with van der Waals surface area (Å²) < 4.78 is 34.1. The van der Waals surface area contributed by atoms with Crippen molar-refractivity contribution in [3.8, 4) is 0 Å². The Kier molecular flexibility index (Phi) is 47.8. The Morgan fingerprint density at radius 3 is 1.21 bits per heavy atom. The van der Waals surface area contributed by atoms with Crippen LogP contribution in [0.25, 0.3) is 0 Å². The second-order valence-corrected chi connectivity index (χ2v) is 20.3. The molecule has 70 heavy (non-hydrogen) atoms. The molecular formula is C60H100NO8P. The molecule has 0 aliphatic carbocycles. The van der Waals surface area contributed by atoms with Gasteiger partial charge in [-0.15, -0.1) is 0 Å². The third-order valence-corrected chi connectivity index (χ3v) is 11.9. The molecule has 0 radical (unpaired) electrons. The van der Waals surface area contributed by atoms with E-state index >= 15 is 0 Å². The number of ether oxygens (including phenoxy) is 2. The second kappa shape index (κ2) is 50.4. The first-order chi connectivity index (χ1) is 34.0. The topological polar surface area (TPSA) is 111 Å². The fourth-order valence-electron chi connectivity index (χ4n) is 6.76. The number of quaternary nitrogens is 1. The summed E-state index contributed by atoms with van der Waals surface area (Å²) in [5, 5.41) is 0. The number of carbonyl (C=O) groups is 2. The lowest BCUT2D eigenvalue weighted by Gasteiger charge is -2.28. The summed E-state index contributed by atoms with van der Waals surface area (Å²) in [5.74, 6) is -0.881. The van der Waals surface area contributed by atoms with Crippen LogP contribution in [-0.4, -0.2) is 70.0 Å². The largest absolute Gasteiger partial charge is 0.756 e. The molecule has 398 valence electrons. The van der Waals surface area contributed by atoms with Gasteiger partial charge in [-0.2, -0.15) is 0 Å². The first kappa shape index (κ1) is 66.4. The van der Waals surface area contributed by atoms with Crippen LogP contribution >= 0.6 is 7.82 Å². The summed E-state index contributed by atoms with van der Waals surface area (Å²) in [6, 6.07) is 0. The van der Waals surface area contributed by atoms with E-state index in [-0.39, 0.29) is 26.1 Å². The van der Waals surface area contributed by atoms with Crippen molar-refractivity contribution in [2.45, 2.75) is 200 Å². The van der Waals surface area contributed by atoms with Gasteiger partial charge in [-0.25, -0.2) is 0 Å². The van der Waals surface area contributed by atoms with Crippen molar-refractivity contribution in [3.05, 3.63) is 122 Å². The molecule has 0 saturated carbocycles. The maximum absolute atomic E-state index is 12.8. The fraction of sp³-hybridized carbons (Fsp3) is 0.633. The number of phosphoric acid groups is 1. The van der Waals surface area contributed by atoms with Gasteiger partial charge in [0.1, 0.15) is 19.8 Å². The van der Waals surface area contributed by atoms with Gasteiger partial charge < -0.3 is 27.9 Å². The van der Waals surface area contributed by atoms with Gasteiger partial charge in [0, 0.05) is 12.8 Å². The molecule has 0 spiro atoms. The predicted molar refractivity (Wildman–Crippen MR) is 295 cm³/mol. The van der Waals surface area contributed by atoms with E-state index in [0.717, 1.165) is 128 Å². The van der Waals surface area contributed by atoms with Crippen LogP contribution in [0.1, 0.15) is 194 Å². The van der Waals surface area contributed by atoms with E-state index in [4.69, 9.17) is 18.5 Å². The number of esters is 2. The molecular weight excluding hydrogens is 894 g/mol. The van der Waals surface area contributed by atoms with E-state index in [2.05, 4.69) is 135 Å². The van der Waals surface area contributed by atoms with Crippen molar-refractivity contribution in [2.75, 3.05) is 47.5 Å². The molecule has 0 aromatic rings. The van der Waals surface area contributed by atoms with Gasteiger partial charge in [-0.05, 0) is 109 Å². The van der Waals surface area contributed by atoms with Crippen molar-refractivity contribution in [2.24, 2.45) is 0 Å². The molecule has 0 N–H and O–H groups in total. The van der Waals surface area contributed by atoms with Crippen LogP contribution in [0.3, 0.4) is 0 Å². The Labute approximate surface area is 428 Å². The first-order valence-corrected chi connectivity index (χ1v) is 28.7. The molecule has 10 heteroatoms. The van der Waals surface area contributed by atoms with Crippen molar-refractivity contribution in [1.82, 2.24) is 0 Å². The van der Waals surface area contributed by atoms with Gasteiger partial charge in [-0.3, -0.25) is 14.2 Å². The normalized spacial score (nSPS) is 14.3. The molecule has 0 amide bonds. The Hall–Kier alpha value is -3.59. The number of allylic oxidation sites excluding steroid dienone is 20. The minimum absolute atomic E-state index is 0.0447. The Morgan fingerprint density at radius 2 is 0.814 bits per heavy atom. The molecule has 0 fully saturated rings. The molecule has 0 bridgehead atoms. The average Bonchev–Trinajstić information content (AvgIpc) is 3.32. The Balaban J connectivity index is 4.33. The first-order valence-electron chi connectivity index (χ1n) is 27.2. The molecule has 0 rings (SSSR count). The molecule has 2 unspecified atom stereocenters. The highest BCUT2D eigenvalue weighted by Crippen LogP contribution is 2.38. The molecule has 0 aromatic carbocycles. The summed E-state index contributed by atoms with van der Waals surface area (Å²) in [5.41, 5.74) is 0. The number of phosphoric ester groups is 1. The van der Waals surface area contributed by atoms with Crippen LogP contribution in [0.4, 0.5) is 0 Å². The summed E-state index contributed by atoms with van der Waals surface area (Å²) in [4.78, 5) is 37.8. The van der Waals surface area contributed by atoms with E-state index in [0.29, 0.717) is 23.9 Å². The zero-order chi connectivity index (χ0) is 51.3. The molecule has 0 aromatic heterocycles. The van der Waals surface area contributed by atoms with Crippen molar-refractivity contribution < 1.29 is 42.1 Å². The van der Waals surface area contributed by atoms with E-state index in [1.807, 2.05) is 21.1 Å². The van der Waals surface area contributed by atoms with Crippen LogP contribution in [0.2, 0.25) is 0 Å². The van der Waals surface area contributed by atoms with Crippen molar-refractivity contribution in [3.63, 3.8) is 0 Å². The molecule has 0 heterocycles. The van der Waals surface area contributed by atoms with Crippen LogP contribution in [-0.2, 0) is 32.7 Å². The Morgan fingerprint density at radius 1 is 0.457 bits per heavy atom. The minimum Gasteiger partial charge on any atom is -0.756 e. The monoisotopic (exact) mass is 994 g/mol. The smallest absolute Gasteiger partial charge is 0.306 e. The zero-order valence-corrected chi connectivity index (χ0v) is 45.8. The summed E-state index contributed by atoms with van der Waals surface area (Å²) >= 11 is 0. The summed E-state index contributed by atoms with van der Waals surface area (Å²) in [6.45, 7) is 4.03. The van der Waals surface area contributed by atoms with E-state index in [1.165, 1.54) is 25.7 Å². The maximum atomic E-state index is 12.8. The number of nitrogens with zero attached hydrogens (tertiary/aromatic N) is 1. The molecule has 0 aliphatic rings. The average molecular weight is 994 g/mol.